The van der Waals surface area contributed by atoms with Crippen LogP contribution in [0.4, 0.5) is 5.69 Å². The first kappa shape index (κ1) is 18.4. The van der Waals surface area contributed by atoms with Crippen molar-refractivity contribution in [2.75, 3.05) is 5.32 Å². The zero-order chi connectivity index (χ0) is 20.5. The highest BCUT2D eigenvalue weighted by molar-refractivity contribution is 5.87. The Labute approximate surface area is 168 Å². The van der Waals surface area contributed by atoms with Crippen LogP contribution in [0.5, 0.6) is 5.75 Å². The Balaban J connectivity index is 1.67. The summed E-state index contributed by atoms with van der Waals surface area (Å²) in [6.45, 7) is 1.88. The van der Waals surface area contributed by atoms with Gasteiger partial charge in [0.25, 0.3) is 5.56 Å². The summed E-state index contributed by atoms with van der Waals surface area (Å²) < 4.78 is 3.43. The molecule has 0 atom stereocenters. The van der Waals surface area contributed by atoms with Crippen molar-refractivity contribution in [2.45, 2.75) is 6.92 Å². The third kappa shape index (κ3) is 3.36. The number of phenols is 1. The van der Waals surface area contributed by atoms with Gasteiger partial charge in [-0.2, -0.15) is 0 Å². The molecule has 1 aromatic heterocycles. The molecule has 146 valence electrons. The summed E-state index contributed by atoms with van der Waals surface area (Å²) in [5.74, 6) is 0.227. The number of fused-ring (bicyclic) bond motifs is 1. The quantitative estimate of drug-likeness (QED) is 0.499. The van der Waals surface area contributed by atoms with Gasteiger partial charge in [-0.3, -0.25) is 9.48 Å². The molecule has 4 aromatic rings. The zero-order valence-corrected chi connectivity index (χ0v) is 16.3. The maximum absolute atomic E-state index is 13.0. The molecule has 0 bridgehead atoms. The number of nitrogens with zero attached hydrogens (tertiary/aromatic N) is 2. The highest BCUT2D eigenvalue weighted by Crippen LogP contribution is 2.23. The van der Waals surface area contributed by atoms with E-state index in [-0.39, 0.29) is 11.3 Å². The lowest BCUT2D eigenvalue weighted by Crippen LogP contribution is -2.20. The molecule has 0 amide bonds. The molecule has 0 aliphatic carbocycles. The molecule has 6 nitrogen and oxygen atoms in total. The molecular weight excluding hydrogens is 364 g/mol. The number of para-hydroxylation sites is 1. The highest BCUT2D eigenvalue weighted by Gasteiger charge is 2.15. The standard InChI is InChI=1S/C23H22N4O2/c1-15-22(23(29)27(26(15)2)19-6-4-3-5-7-19)25-14-21(24)18-9-8-17-13-20(28)11-10-16(17)12-18/h3-14,25,28H,24H2,1-2H3/b21-14-. The molecule has 6 heteroatoms. The molecule has 0 aliphatic heterocycles. The normalized spacial score (nSPS) is 11.7. The molecule has 4 N–H and O–H groups in total. The number of nitrogens with two attached hydrogens (primary N) is 1. The van der Waals surface area contributed by atoms with Gasteiger partial charge in [0.15, 0.2) is 0 Å². The average Bonchev–Trinajstić information content (AvgIpc) is 2.94. The Bertz CT molecular complexity index is 1280. The van der Waals surface area contributed by atoms with E-state index in [9.17, 15) is 9.90 Å². The molecule has 0 saturated heterocycles. The van der Waals surface area contributed by atoms with Crippen molar-refractivity contribution in [3.05, 3.63) is 94.5 Å². The van der Waals surface area contributed by atoms with E-state index in [1.165, 1.54) is 0 Å². The van der Waals surface area contributed by atoms with E-state index in [2.05, 4.69) is 5.32 Å². The van der Waals surface area contributed by atoms with Gasteiger partial charge in [-0.25, -0.2) is 4.68 Å². The summed E-state index contributed by atoms with van der Waals surface area (Å²) in [5, 5.41) is 14.6. The van der Waals surface area contributed by atoms with E-state index in [0.29, 0.717) is 11.4 Å². The molecule has 0 radical (unpaired) electrons. The van der Waals surface area contributed by atoms with E-state index in [4.69, 9.17) is 5.73 Å². The fourth-order valence-corrected chi connectivity index (χ4v) is 3.38. The summed E-state index contributed by atoms with van der Waals surface area (Å²) in [7, 11) is 1.85. The predicted octanol–water partition coefficient (Wildman–Crippen LogP) is 3.71. The second-order valence-electron chi connectivity index (χ2n) is 6.93. The van der Waals surface area contributed by atoms with Crippen LogP contribution in [0.1, 0.15) is 11.3 Å². The smallest absolute Gasteiger partial charge is 0.295 e. The number of anilines is 1. The number of rotatable bonds is 4. The molecule has 0 spiro atoms. The minimum Gasteiger partial charge on any atom is -0.508 e. The molecule has 4 rings (SSSR count). The number of hydrogen-bond acceptors (Lipinski definition) is 4. The minimum absolute atomic E-state index is 0.144. The molecule has 29 heavy (non-hydrogen) atoms. The molecule has 0 saturated carbocycles. The Hall–Kier alpha value is -3.93. The van der Waals surface area contributed by atoms with Crippen molar-refractivity contribution in [1.82, 2.24) is 9.36 Å². The SMILES string of the molecule is Cc1c(N/C=C(\N)c2ccc3cc(O)ccc3c2)c(=O)n(-c2ccccc2)n1C. The molecule has 0 fully saturated rings. The van der Waals surface area contributed by atoms with E-state index < -0.39 is 0 Å². The lowest BCUT2D eigenvalue weighted by molar-refractivity contribution is 0.476. The number of nitrogens with one attached hydrogen (secondary N) is 1. The van der Waals surface area contributed by atoms with Crippen LogP contribution in [0.2, 0.25) is 0 Å². The van der Waals surface area contributed by atoms with Crippen molar-refractivity contribution in [1.29, 1.82) is 0 Å². The van der Waals surface area contributed by atoms with Gasteiger partial charge in [-0.1, -0.05) is 36.4 Å². The lowest BCUT2D eigenvalue weighted by Gasteiger charge is -2.07. The van der Waals surface area contributed by atoms with Gasteiger partial charge in [0.2, 0.25) is 0 Å². The number of benzene rings is 3. The summed E-state index contributed by atoms with van der Waals surface area (Å²) in [6, 6.07) is 20.4. The minimum atomic E-state index is -0.144. The van der Waals surface area contributed by atoms with Crippen LogP contribution in [-0.4, -0.2) is 14.5 Å². The van der Waals surface area contributed by atoms with Gasteiger partial charge in [0.1, 0.15) is 11.4 Å². The molecule has 0 unspecified atom stereocenters. The van der Waals surface area contributed by atoms with Gasteiger partial charge < -0.3 is 16.2 Å². The topological polar surface area (TPSA) is 85.2 Å². The number of phenolic OH excluding ortho intramolecular Hbond substituents is 1. The molecule has 0 aliphatic rings. The van der Waals surface area contributed by atoms with Gasteiger partial charge in [-0.05, 0) is 53.6 Å². The summed E-state index contributed by atoms with van der Waals surface area (Å²) in [6.07, 6.45) is 1.64. The van der Waals surface area contributed by atoms with Gasteiger partial charge in [-0.15, -0.1) is 0 Å². The maximum atomic E-state index is 13.0. The molecular formula is C23H22N4O2. The van der Waals surface area contributed by atoms with Crippen LogP contribution >= 0.6 is 0 Å². The Morgan fingerprint density at radius 2 is 1.72 bits per heavy atom. The summed E-state index contributed by atoms with van der Waals surface area (Å²) in [4.78, 5) is 13.0. The van der Waals surface area contributed by atoms with Crippen LogP contribution in [-0.2, 0) is 7.05 Å². The average molecular weight is 386 g/mol. The van der Waals surface area contributed by atoms with Crippen molar-refractivity contribution < 1.29 is 5.11 Å². The second kappa shape index (κ2) is 7.24. The van der Waals surface area contributed by atoms with Crippen LogP contribution < -0.4 is 16.6 Å². The first-order valence-corrected chi connectivity index (χ1v) is 9.25. The fraction of sp³-hybridized carbons (Fsp3) is 0.0870. The third-order valence-corrected chi connectivity index (χ3v) is 5.08. The second-order valence-corrected chi connectivity index (χ2v) is 6.93. The maximum Gasteiger partial charge on any atom is 0.295 e. The van der Waals surface area contributed by atoms with Crippen LogP contribution in [0, 0.1) is 6.92 Å². The number of aromatic nitrogens is 2. The predicted molar refractivity (Wildman–Crippen MR) is 117 cm³/mol. The van der Waals surface area contributed by atoms with E-state index in [1.54, 1.807) is 23.0 Å². The first-order valence-electron chi connectivity index (χ1n) is 9.25. The molecule has 3 aromatic carbocycles. The summed E-state index contributed by atoms with van der Waals surface area (Å²) in [5.41, 5.74) is 9.52. The lowest BCUT2D eigenvalue weighted by atomic mass is 10.1. The highest BCUT2D eigenvalue weighted by atomic mass is 16.3. The first-order chi connectivity index (χ1) is 14.0. The van der Waals surface area contributed by atoms with Crippen molar-refractivity contribution in [2.24, 2.45) is 12.8 Å². The van der Waals surface area contributed by atoms with Crippen molar-refractivity contribution in [3.63, 3.8) is 0 Å². The Morgan fingerprint density at radius 1 is 1.03 bits per heavy atom. The van der Waals surface area contributed by atoms with Gasteiger partial charge in [0.05, 0.1) is 17.1 Å². The third-order valence-electron chi connectivity index (χ3n) is 5.08. The Kier molecular flexibility index (Phi) is 4.60. The zero-order valence-electron chi connectivity index (χ0n) is 16.3. The van der Waals surface area contributed by atoms with Gasteiger partial charge >= 0.3 is 0 Å². The van der Waals surface area contributed by atoms with E-state index >= 15 is 0 Å². The Morgan fingerprint density at radius 3 is 2.48 bits per heavy atom. The largest absolute Gasteiger partial charge is 0.508 e. The van der Waals surface area contributed by atoms with Crippen LogP contribution in [0.3, 0.4) is 0 Å². The van der Waals surface area contributed by atoms with Crippen LogP contribution in [0.15, 0.2) is 77.7 Å². The van der Waals surface area contributed by atoms with E-state index in [0.717, 1.165) is 27.7 Å². The monoisotopic (exact) mass is 386 g/mol. The number of aromatic hydroxyl groups is 1. The van der Waals surface area contributed by atoms with E-state index in [1.807, 2.05) is 73.3 Å². The fourth-order valence-electron chi connectivity index (χ4n) is 3.38. The molecule has 1 heterocycles. The van der Waals surface area contributed by atoms with Crippen molar-refractivity contribution in [3.8, 4) is 11.4 Å². The van der Waals surface area contributed by atoms with Crippen molar-refractivity contribution >= 4 is 22.2 Å². The summed E-state index contributed by atoms with van der Waals surface area (Å²) >= 11 is 0. The number of hydrogen-bond donors (Lipinski definition) is 3. The van der Waals surface area contributed by atoms with Gasteiger partial charge in [0, 0.05) is 13.2 Å². The van der Waals surface area contributed by atoms with Crippen LogP contribution in [0.25, 0.3) is 22.2 Å².